The van der Waals surface area contributed by atoms with E-state index in [4.69, 9.17) is 5.73 Å². The van der Waals surface area contributed by atoms with Crippen LogP contribution in [0.15, 0.2) is 12.4 Å². The quantitative estimate of drug-likeness (QED) is 0.836. The minimum atomic E-state index is -0.327. The topological polar surface area (TPSA) is 72.9 Å². The lowest BCUT2D eigenvalue weighted by Crippen LogP contribution is -2.55. The molecule has 0 spiro atoms. The van der Waals surface area contributed by atoms with Crippen molar-refractivity contribution in [3.63, 3.8) is 0 Å². The van der Waals surface area contributed by atoms with Crippen LogP contribution in [0.25, 0.3) is 0 Å². The number of amides is 1. The Morgan fingerprint density at radius 2 is 2.10 bits per heavy atom. The molecule has 0 bridgehead atoms. The van der Waals surface area contributed by atoms with Crippen LogP contribution in [-0.2, 0) is 18.3 Å². The summed E-state index contributed by atoms with van der Waals surface area (Å²) in [7, 11) is 1.87. The van der Waals surface area contributed by atoms with E-state index in [1.165, 1.54) is 0 Å². The number of nitrogens with two attached hydrogens (primary N) is 1. The highest BCUT2D eigenvalue weighted by Crippen LogP contribution is 2.15. The van der Waals surface area contributed by atoms with Crippen molar-refractivity contribution in [2.75, 3.05) is 6.54 Å². The van der Waals surface area contributed by atoms with Crippen molar-refractivity contribution in [2.45, 2.75) is 39.2 Å². The first kappa shape index (κ1) is 21.5. The first-order chi connectivity index (χ1) is 8.37. The number of rotatable bonds is 6. The van der Waals surface area contributed by atoms with Crippen LogP contribution >= 0.6 is 24.8 Å². The SMILES string of the molecule is CC(C)C(C)(CN)NC(=O)CCc1cnn(C)c1.Cl.Cl. The maximum atomic E-state index is 11.9. The summed E-state index contributed by atoms with van der Waals surface area (Å²) < 4.78 is 1.74. The number of carbonyl (C=O) groups is 1. The Morgan fingerprint density at radius 3 is 2.50 bits per heavy atom. The van der Waals surface area contributed by atoms with Crippen LogP contribution in [0.2, 0.25) is 0 Å². The molecule has 1 rings (SSSR count). The molecule has 1 unspecified atom stereocenters. The Balaban J connectivity index is 0. The van der Waals surface area contributed by atoms with Gasteiger partial charge in [0.1, 0.15) is 0 Å². The van der Waals surface area contributed by atoms with E-state index in [1.54, 1.807) is 10.9 Å². The van der Waals surface area contributed by atoms with E-state index < -0.39 is 0 Å². The zero-order chi connectivity index (χ0) is 13.8. The van der Waals surface area contributed by atoms with Crippen LogP contribution in [0.4, 0.5) is 0 Å². The number of aryl methyl sites for hydroxylation is 2. The predicted molar refractivity (Wildman–Crippen MR) is 86.5 cm³/mol. The lowest BCUT2D eigenvalue weighted by Gasteiger charge is -2.33. The molecule has 3 N–H and O–H groups in total. The minimum Gasteiger partial charge on any atom is -0.349 e. The van der Waals surface area contributed by atoms with Gasteiger partial charge in [-0.25, -0.2) is 0 Å². The molecule has 7 heteroatoms. The molecule has 118 valence electrons. The number of nitrogens with one attached hydrogen (secondary N) is 1. The summed E-state index contributed by atoms with van der Waals surface area (Å²) >= 11 is 0. The van der Waals surface area contributed by atoms with Crippen LogP contribution in [0.5, 0.6) is 0 Å². The fourth-order valence-corrected chi connectivity index (χ4v) is 1.67. The predicted octanol–water partition coefficient (Wildman–Crippen LogP) is 1.69. The van der Waals surface area contributed by atoms with Crippen LogP contribution in [0.3, 0.4) is 0 Å². The molecule has 0 saturated carbocycles. The minimum absolute atomic E-state index is 0. The maximum absolute atomic E-state index is 11.9. The molecule has 20 heavy (non-hydrogen) atoms. The second-order valence-corrected chi connectivity index (χ2v) is 5.35. The third kappa shape index (κ3) is 6.11. The number of aromatic nitrogens is 2. The first-order valence-electron chi connectivity index (χ1n) is 6.36. The monoisotopic (exact) mass is 324 g/mol. The van der Waals surface area contributed by atoms with Crippen molar-refractivity contribution in [1.29, 1.82) is 0 Å². The molecular formula is C13H26Cl2N4O. The average molecular weight is 325 g/mol. The summed E-state index contributed by atoms with van der Waals surface area (Å²) in [6, 6.07) is 0. The van der Waals surface area contributed by atoms with E-state index in [0.717, 1.165) is 5.56 Å². The Bertz CT molecular complexity index is 409. The normalized spacial score (nSPS) is 13.1. The second-order valence-electron chi connectivity index (χ2n) is 5.35. The number of hydrogen-bond acceptors (Lipinski definition) is 3. The fraction of sp³-hybridized carbons (Fsp3) is 0.692. The highest BCUT2D eigenvalue weighted by atomic mass is 35.5. The molecule has 5 nitrogen and oxygen atoms in total. The molecule has 0 aliphatic carbocycles. The largest absolute Gasteiger partial charge is 0.349 e. The maximum Gasteiger partial charge on any atom is 0.220 e. The van der Waals surface area contributed by atoms with Gasteiger partial charge < -0.3 is 11.1 Å². The van der Waals surface area contributed by atoms with E-state index in [2.05, 4.69) is 24.3 Å². The third-order valence-corrected chi connectivity index (χ3v) is 3.52. The number of hydrogen-bond donors (Lipinski definition) is 2. The molecule has 0 aliphatic rings. The van der Waals surface area contributed by atoms with Gasteiger partial charge >= 0.3 is 0 Å². The van der Waals surface area contributed by atoms with E-state index in [-0.39, 0.29) is 36.3 Å². The van der Waals surface area contributed by atoms with E-state index >= 15 is 0 Å². The third-order valence-electron chi connectivity index (χ3n) is 3.52. The molecule has 0 fully saturated rings. The summed E-state index contributed by atoms with van der Waals surface area (Å²) in [5.74, 6) is 0.352. The molecule has 0 aromatic carbocycles. The van der Waals surface area contributed by atoms with Crippen LogP contribution in [-0.4, -0.2) is 27.8 Å². The van der Waals surface area contributed by atoms with Gasteiger partial charge in [0.25, 0.3) is 0 Å². The number of halogens is 2. The zero-order valence-corrected chi connectivity index (χ0v) is 14.2. The average Bonchev–Trinajstić information content (AvgIpc) is 2.72. The van der Waals surface area contributed by atoms with E-state index in [9.17, 15) is 4.79 Å². The smallest absolute Gasteiger partial charge is 0.220 e. The van der Waals surface area contributed by atoms with Gasteiger partial charge in [-0.3, -0.25) is 9.48 Å². The molecule has 0 saturated heterocycles. The van der Waals surface area contributed by atoms with E-state index in [1.807, 2.05) is 20.2 Å². The fourth-order valence-electron chi connectivity index (χ4n) is 1.67. The molecule has 1 heterocycles. The molecule has 1 amide bonds. The van der Waals surface area contributed by atoms with Crippen LogP contribution in [0.1, 0.15) is 32.8 Å². The van der Waals surface area contributed by atoms with Crippen molar-refractivity contribution < 1.29 is 4.79 Å². The van der Waals surface area contributed by atoms with Crippen molar-refractivity contribution in [1.82, 2.24) is 15.1 Å². The summed E-state index contributed by atoms with van der Waals surface area (Å²) in [6.07, 6.45) is 4.89. The van der Waals surface area contributed by atoms with Crippen LogP contribution in [0, 0.1) is 5.92 Å². The zero-order valence-electron chi connectivity index (χ0n) is 12.5. The molecule has 1 aromatic rings. The van der Waals surface area contributed by atoms with Gasteiger partial charge in [0.15, 0.2) is 0 Å². The molecule has 0 radical (unpaired) electrons. The Hall–Kier alpha value is -0.780. The first-order valence-corrected chi connectivity index (χ1v) is 6.36. The standard InChI is InChI=1S/C13H24N4O.2ClH/c1-10(2)13(3,9-14)16-12(18)6-5-11-7-15-17(4)8-11;;/h7-8,10H,5-6,9,14H2,1-4H3,(H,16,18);2*1H. The lowest BCUT2D eigenvalue weighted by atomic mass is 9.88. The second kappa shape index (κ2) is 9.21. The molecular weight excluding hydrogens is 299 g/mol. The van der Waals surface area contributed by atoms with E-state index in [0.29, 0.717) is 25.3 Å². The van der Waals surface area contributed by atoms with Crippen molar-refractivity contribution in [3.05, 3.63) is 18.0 Å². The highest BCUT2D eigenvalue weighted by molar-refractivity contribution is 5.85. The van der Waals surface area contributed by atoms with Gasteiger partial charge in [-0.1, -0.05) is 13.8 Å². The van der Waals surface area contributed by atoms with Gasteiger partial charge in [-0.15, -0.1) is 24.8 Å². The van der Waals surface area contributed by atoms with Gasteiger partial charge in [0, 0.05) is 26.2 Å². The van der Waals surface area contributed by atoms with Crippen molar-refractivity contribution in [2.24, 2.45) is 18.7 Å². The van der Waals surface area contributed by atoms with Crippen molar-refractivity contribution in [3.8, 4) is 0 Å². The molecule has 1 atom stereocenters. The summed E-state index contributed by atoms with van der Waals surface area (Å²) in [4.78, 5) is 11.9. The summed E-state index contributed by atoms with van der Waals surface area (Å²) in [6.45, 7) is 6.56. The molecule has 0 aliphatic heterocycles. The van der Waals surface area contributed by atoms with Gasteiger partial charge in [-0.05, 0) is 24.8 Å². The Labute approximate surface area is 133 Å². The Morgan fingerprint density at radius 1 is 1.50 bits per heavy atom. The Kier molecular flexibility index (Phi) is 9.91. The highest BCUT2D eigenvalue weighted by Gasteiger charge is 2.28. The molecule has 1 aromatic heterocycles. The summed E-state index contributed by atoms with van der Waals surface area (Å²) in [5, 5.41) is 7.11. The number of carbonyl (C=O) groups excluding carboxylic acids is 1. The number of nitrogens with zero attached hydrogens (tertiary/aromatic N) is 2. The van der Waals surface area contributed by atoms with Gasteiger partial charge in [0.05, 0.1) is 11.7 Å². The summed E-state index contributed by atoms with van der Waals surface area (Å²) in [5.41, 5.74) is 6.49. The van der Waals surface area contributed by atoms with Gasteiger partial charge in [-0.2, -0.15) is 5.10 Å². The van der Waals surface area contributed by atoms with Crippen LogP contribution < -0.4 is 11.1 Å². The van der Waals surface area contributed by atoms with Gasteiger partial charge in [0.2, 0.25) is 5.91 Å². The lowest BCUT2D eigenvalue weighted by molar-refractivity contribution is -0.123. The van der Waals surface area contributed by atoms with Crippen molar-refractivity contribution >= 4 is 30.7 Å².